The first-order valence-corrected chi connectivity index (χ1v) is 10.2. The molecule has 4 rings (SSSR count). The zero-order valence-electron chi connectivity index (χ0n) is 17.6. The molecule has 0 saturated carbocycles. The summed E-state index contributed by atoms with van der Waals surface area (Å²) in [6.45, 7) is 6.39. The summed E-state index contributed by atoms with van der Waals surface area (Å²) in [4.78, 5) is 40.9. The Labute approximate surface area is 179 Å². The molecule has 2 aromatic carbocycles. The maximum Gasteiger partial charge on any atom is 0.407 e. The van der Waals surface area contributed by atoms with E-state index in [9.17, 15) is 18.8 Å². The summed E-state index contributed by atoms with van der Waals surface area (Å²) in [5.74, 6) is -1.50. The number of halogens is 1. The van der Waals surface area contributed by atoms with Crippen LogP contribution >= 0.6 is 0 Å². The minimum Gasteiger partial charge on any atom is -0.444 e. The third kappa shape index (κ3) is 4.10. The molecule has 2 heterocycles. The quantitative estimate of drug-likeness (QED) is 0.758. The molecule has 1 N–H and O–H groups in total. The minimum absolute atomic E-state index is 0.171. The normalized spacial score (nSPS) is 18.4. The number of amides is 3. The van der Waals surface area contributed by atoms with E-state index in [1.165, 1.54) is 12.1 Å². The summed E-state index contributed by atoms with van der Waals surface area (Å²) >= 11 is 0. The smallest absolute Gasteiger partial charge is 0.407 e. The SMILES string of the molecule is CC(C)(C)OC(=O)NC1CCN(c2ccc(F)cc2N2C(=O)c3ccccc3C2=O)C1. The number of alkyl carbamates (subject to hydrolysis) is 1. The number of nitrogens with zero attached hydrogens (tertiary/aromatic N) is 2. The van der Waals surface area contributed by atoms with Crippen LogP contribution in [0.1, 0.15) is 47.9 Å². The van der Waals surface area contributed by atoms with Crippen molar-refractivity contribution in [3.05, 3.63) is 59.4 Å². The Kier molecular flexibility index (Phi) is 5.16. The molecule has 1 unspecified atom stereocenters. The number of anilines is 2. The van der Waals surface area contributed by atoms with Gasteiger partial charge in [-0.3, -0.25) is 9.59 Å². The van der Waals surface area contributed by atoms with E-state index in [1.807, 2.05) is 4.90 Å². The highest BCUT2D eigenvalue weighted by Gasteiger charge is 2.39. The predicted molar refractivity (Wildman–Crippen MR) is 114 cm³/mol. The standard InChI is InChI=1S/C23H24FN3O4/c1-23(2,3)31-22(30)25-15-10-11-26(13-15)18-9-8-14(24)12-19(18)27-20(28)16-6-4-5-7-17(16)21(27)29/h4-9,12,15H,10-11,13H2,1-3H3,(H,25,30). The molecule has 1 saturated heterocycles. The molecule has 1 fully saturated rings. The molecule has 2 aliphatic rings. The number of carbonyl (C=O) groups excluding carboxylic acids is 3. The molecule has 0 spiro atoms. The van der Waals surface area contributed by atoms with Crippen LogP contribution < -0.4 is 15.1 Å². The molecule has 0 aliphatic carbocycles. The fraction of sp³-hybridized carbons (Fsp3) is 0.348. The molecular weight excluding hydrogens is 401 g/mol. The monoisotopic (exact) mass is 425 g/mol. The Morgan fingerprint density at radius 1 is 1.06 bits per heavy atom. The first-order valence-electron chi connectivity index (χ1n) is 10.2. The van der Waals surface area contributed by atoms with Crippen molar-refractivity contribution in [3.8, 4) is 0 Å². The van der Waals surface area contributed by atoms with Crippen LogP contribution in [0.25, 0.3) is 0 Å². The van der Waals surface area contributed by atoms with Crippen molar-refractivity contribution < 1.29 is 23.5 Å². The lowest BCUT2D eigenvalue weighted by Gasteiger charge is -2.26. The van der Waals surface area contributed by atoms with Crippen molar-refractivity contribution in [1.29, 1.82) is 0 Å². The highest BCUT2D eigenvalue weighted by Crippen LogP contribution is 2.37. The Balaban J connectivity index is 1.57. The average molecular weight is 425 g/mol. The summed E-state index contributed by atoms with van der Waals surface area (Å²) in [5.41, 5.74) is 0.758. The summed E-state index contributed by atoms with van der Waals surface area (Å²) < 4.78 is 19.4. The van der Waals surface area contributed by atoms with Gasteiger partial charge in [0.1, 0.15) is 11.4 Å². The van der Waals surface area contributed by atoms with Crippen LogP contribution in [0, 0.1) is 5.82 Å². The van der Waals surface area contributed by atoms with Crippen molar-refractivity contribution in [1.82, 2.24) is 5.32 Å². The maximum absolute atomic E-state index is 14.1. The van der Waals surface area contributed by atoms with E-state index in [1.54, 1.807) is 51.1 Å². The number of nitrogens with one attached hydrogen (secondary N) is 1. The molecule has 31 heavy (non-hydrogen) atoms. The van der Waals surface area contributed by atoms with Crippen molar-refractivity contribution in [2.75, 3.05) is 22.9 Å². The number of rotatable bonds is 3. The second-order valence-corrected chi connectivity index (χ2v) is 8.70. The maximum atomic E-state index is 14.1. The summed E-state index contributed by atoms with van der Waals surface area (Å²) in [6, 6.07) is 10.4. The Hall–Kier alpha value is -3.42. The van der Waals surface area contributed by atoms with Crippen molar-refractivity contribution in [2.24, 2.45) is 0 Å². The molecule has 7 nitrogen and oxygen atoms in total. The van der Waals surface area contributed by atoms with E-state index < -0.39 is 29.3 Å². The van der Waals surface area contributed by atoms with Crippen LogP contribution in [0.3, 0.4) is 0 Å². The highest BCUT2D eigenvalue weighted by molar-refractivity contribution is 6.35. The molecule has 3 amide bonds. The van der Waals surface area contributed by atoms with E-state index in [0.29, 0.717) is 36.3 Å². The molecule has 0 radical (unpaired) electrons. The number of carbonyl (C=O) groups is 3. The van der Waals surface area contributed by atoms with Crippen LogP contribution in [-0.2, 0) is 4.74 Å². The highest BCUT2D eigenvalue weighted by atomic mass is 19.1. The first-order chi connectivity index (χ1) is 14.6. The van der Waals surface area contributed by atoms with E-state index >= 15 is 0 Å². The van der Waals surface area contributed by atoms with E-state index in [-0.39, 0.29) is 11.7 Å². The van der Waals surface area contributed by atoms with Gasteiger partial charge >= 0.3 is 6.09 Å². The fourth-order valence-electron chi connectivity index (χ4n) is 3.92. The number of ether oxygens (including phenoxy) is 1. The Morgan fingerprint density at radius 2 is 1.71 bits per heavy atom. The van der Waals surface area contributed by atoms with Crippen LogP contribution in [0.5, 0.6) is 0 Å². The van der Waals surface area contributed by atoms with Crippen LogP contribution in [0.2, 0.25) is 0 Å². The van der Waals surface area contributed by atoms with Crippen molar-refractivity contribution >= 4 is 29.3 Å². The van der Waals surface area contributed by atoms with Crippen LogP contribution in [-0.4, -0.2) is 42.6 Å². The lowest BCUT2D eigenvalue weighted by molar-refractivity contribution is 0.0508. The van der Waals surface area contributed by atoms with Gasteiger partial charge in [-0.15, -0.1) is 0 Å². The number of hydrogen-bond donors (Lipinski definition) is 1. The van der Waals surface area contributed by atoms with Crippen molar-refractivity contribution in [2.45, 2.75) is 38.8 Å². The number of fused-ring (bicyclic) bond motifs is 1. The summed E-state index contributed by atoms with van der Waals surface area (Å²) in [5, 5.41) is 2.84. The topological polar surface area (TPSA) is 79.0 Å². The van der Waals surface area contributed by atoms with Crippen LogP contribution in [0.4, 0.5) is 20.6 Å². The van der Waals surface area contributed by atoms with Gasteiger partial charge in [-0.05, 0) is 51.5 Å². The number of hydrogen-bond acceptors (Lipinski definition) is 5. The summed E-state index contributed by atoms with van der Waals surface area (Å²) in [7, 11) is 0. The van der Waals surface area contributed by atoms with Crippen molar-refractivity contribution in [3.63, 3.8) is 0 Å². The third-order valence-corrected chi connectivity index (χ3v) is 5.22. The fourth-order valence-corrected chi connectivity index (χ4v) is 3.92. The predicted octanol–water partition coefficient (Wildman–Crippen LogP) is 3.73. The van der Waals surface area contributed by atoms with Crippen LogP contribution in [0.15, 0.2) is 42.5 Å². The van der Waals surface area contributed by atoms with Gasteiger partial charge in [0, 0.05) is 19.2 Å². The molecule has 2 aromatic rings. The van der Waals surface area contributed by atoms with Gasteiger partial charge in [-0.2, -0.15) is 0 Å². The van der Waals surface area contributed by atoms with Gasteiger partial charge in [0.15, 0.2) is 0 Å². The average Bonchev–Trinajstić information content (AvgIpc) is 3.23. The number of benzene rings is 2. The van der Waals surface area contributed by atoms with E-state index in [4.69, 9.17) is 4.74 Å². The molecule has 162 valence electrons. The van der Waals surface area contributed by atoms with Gasteiger partial charge in [0.2, 0.25) is 0 Å². The molecular formula is C23H24FN3O4. The zero-order valence-corrected chi connectivity index (χ0v) is 17.6. The van der Waals surface area contributed by atoms with Gasteiger partial charge in [0.25, 0.3) is 11.8 Å². The Bertz CT molecular complexity index is 1030. The second kappa shape index (κ2) is 7.68. The van der Waals surface area contributed by atoms with E-state index in [0.717, 1.165) is 4.90 Å². The van der Waals surface area contributed by atoms with Gasteiger partial charge < -0.3 is 15.0 Å². The lowest BCUT2D eigenvalue weighted by atomic mass is 10.1. The third-order valence-electron chi connectivity index (χ3n) is 5.22. The number of imide groups is 1. The summed E-state index contributed by atoms with van der Waals surface area (Å²) in [6.07, 6.45) is 0.150. The largest absolute Gasteiger partial charge is 0.444 e. The molecule has 0 aromatic heterocycles. The molecule has 1 atom stereocenters. The first kappa shape index (κ1) is 20.8. The minimum atomic E-state index is -0.599. The lowest BCUT2D eigenvalue weighted by Crippen LogP contribution is -2.40. The zero-order chi connectivity index (χ0) is 22.3. The molecule has 8 heteroatoms. The second-order valence-electron chi connectivity index (χ2n) is 8.70. The van der Waals surface area contributed by atoms with Gasteiger partial charge in [-0.25, -0.2) is 14.1 Å². The van der Waals surface area contributed by atoms with E-state index in [2.05, 4.69) is 5.32 Å². The van der Waals surface area contributed by atoms with Gasteiger partial charge in [-0.1, -0.05) is 12.1 Å². The van der Waals surface area contributed by atoms with Gasteiger partial charge in [0.05, 0.1) is 28.5 Å². The molecule has 2 aliphatic heterocycles. The molecule has 0 bridgehead atoms. The Morgan fingerprint density at radius 3 is 2.32 bits per heavy atom.